The van der Waals surface area contributed by atoms with E-state index >= 15 is 0 Å². The summed E-state index contributed by atoms with van der Waals surface area (Å²) in [6, 6.07) is 17.2. The molecular weight excluding hydrogens is 386 g/mol. The van der Waals surface area contributed by atoms with Crippen LogP contribution in [-0.4, -0.2) is 15.9 Å². The standard InChI is InChI=1S/C23H22ClN3O2/c1-3-18(14-13-17(2)24)15-27-21-12-8-7-11-20(21)22(26-27)25-23(28)29-16-19-9-5-4-6-10-19/h3-14H,2,15-16H2,1H3,(H,25,26,28)/b14-13-,18-3+. The first kappa shape index (κ1) is 20.4. The fourth-order valence-corrected chi connectivity index (χ4v) is 2.87. The maximum absolute atomic E-state index is 12.3. The van der Waals surface area contributed by atoms with Crippen LogP contribution in [0.25, 0.3) is 10.9 Å². The summed E-state index contributed by atoms with van der Waals surface area (Å²) in [5, 5.41) is 8.62. The zero-order chi connectivity index (χ0) is 20.6. The number of amides is 1. The van der Waals surface area contributed by atoms with E-state index < -0.39 is 6.09 Å². The van der Waals surface area contributed by atoms with E-state index in [0.717, 1.165) is 22.0 Å². The van der Waals surface area contributed by atoms with Crippen molar-refractivity contribution < 1.29 is 9.53 Å². The molecule has 2 aromatic carbocycles. The fraction of sp³-hybridized carbons (Fsp3) is 0.130. The second kappa shape index (κ2) is 9.75. The monoisotopic (exact) mass is 407 g/mol. The topological polar surface area (TPSA) is 56.2 Å². The summed E-state index contributed by atoms with van der Waals surface area (Å²) >= 11 is 5.82. The molecular formula is C23H22ClN3O2. The lowest BCUT2D eigenvalue weighted by atomic mass is 10.2. The van der Waals surface area contributed by atoms with Crippen LogP contribution in [0.3, 0.4) is 0 Å². The van der Waals surface area contributed by atoms with Gasteiger partial charge in [0.05, 0.1) is 12.1 Å². The SMILES string of the molecule is C=C(Cl)/C=C\C(=C/C)Cn1nc(NC(=O)OCc2ccccc2)c2ccccc21. The predicted octanol–water partition coefficient (Wildman–Crippen LogP) is 6.04. The van der Waals surface area contributed by atoms with Crippen LogP contribution in [0, 0.1) is 0 Å². The Kier molecular flexibility index (Phi) is 6.87. The quantitative estimate of drug-likeness (QED) is 0.486. The molecule has 0 unspecified atom stereocenters. The number of rotatable bonds is 7. The van der Waals surface area contributed by atoms with Gasteiger partial charge >= 0.3 is 6.09 Å². The minimum absolute atomic E-state index is 0.196. The number of aromatic nitrogens is 2. The smallest absolute Gasteiger partial charge is 0.413 e. The minimum atomic E-state index is -0.547. The van der Waals surface area contributed by atoms with Crippen LogP contribution in [0.4, 0.5) is 10.6 Å². The summed E-state index contributed by atoms with van der Waals surface area (Å²) < 4.78 is 7.14. The number of para-hydroxylation sites is 1. The van der Waals surface area contributed by atoms with Crippen LogP contribution in [-0.2, 0) is 17.9 Å². The zero-order valence-electron chi connectivity index (χ0n) is 16.1. The molecule has 1 heterocycles. The van der Waals surface area contributed by atoms with Crippen molar-refractivity contribution in [2.24, 2.45) is 0 Å². The third kappa shape index (κ3) is 5.59. The normalized spacial score (nSPS) is 11.7. The van der Waals surface area contributed by atoms with E-state index in [1.54, 1.807) is 6.08 Å². The van der Waals surface area contributed by atoms with Gasteiger partial charge in [0.2, 0.25) is 0 Å². The van der Waals surface area contributed by atoms with Crippen LogP contribution in [0.5, 0.6) is 0 Å². The Labute approximate surface area is 174 Å². The van der Waals surface area contributed by atoms with Crippen molar-refractivity contribution in [1.82, 2.24) is 9.78 Å². The maximum atomic E-state index is 12.3. The number of benzene rings is 2. The molecule has 1 N–H and O–H groups in total. The Balaban J connectivity index is 1.76. The minimum Gasteiger partial charge on any atom is -0.444 e. The molecule has 0 aliphatic rings. The maximum Gasteiger partial charge on any atom is 0.413 e. The molecule has 148 valence electrons. The lowest BCUT2D eigenvalue weighted by Gasteiger charge is -2.06. The average Bonchev–Trinajstić information content (AvgIpc) is 3.07. The van der Waals surface area contributed by atoms with Gasteiger partial charge in [0.15, 0.2) is 5.82 Å². The van der Waals surface area contributed by atoms with E-state index in [9.17, 15) is 4.79 Å². The molecule has 1 aromatic heterocycles. The van der Waals surface area contributed by atoms with Crippen molar-refractivity contribution >= 4 is 34.4 Å². The summed E-state index contributed by atoms with van der Waals surface area (Å²) in [6.45, 7) is 6.33. The lowest BCUT2D eigenvalue weighted by molar-refractivity contribution is 0.155. The van der Waals surface area contributed by atoms with E-state index in [4.69, 9.17) is 16.3 Å². The van der Waals surface area contributed by atoms with Gasteiger partial charge < -0.3 is 4.74 Å². The van der Waals surface area contributed by atoms with Crippen molar-refractivity contribution in [3.8, 4) is 0 Å². The number of nitrogens with one attached hydrogen (secondary N) is 1. The van der Waals surface area contributed by atoms with Crippen molar-refractivity contribution in [1.29, 1.82) is 0 Å². The Hall–Kier alpha value is -3.31. The first-order valence-electron chi connectivity index (χ1n) is 9.17. The average molecular weight is 408 g/mol. The molecule has 0 saturated heterocycles. The fourth-order valence-electron chi connectivity index (χ4n) is 2.81. The highest BCUT2D eigenvalue weighted by Gasteiger charge is 2.14. The number of hydrogen-bond acceptors (Lipinski definition) is 3. The summed E-state index contributed by atoms with van der Waals surface area (Å²) in [5.41, 5.74) is 2.84. The van der Waals surface area contributed by atoms with Crippen LogP contribution in [0.2, 0.25) is 0 Å². The van der Waals surface area contributed by atoms with Crippen molar-refractivity contribution in [2.45, 2.75) is 20.1 Å². The molecule has 0 aliphatic carbocycles. The molecule has 5 nitrogen and oxygen atoms in total. The van der Waals surface area contributed by atoms with E-state index in [-0.39, 0.29) is 6.61 Å². The number of carbonyl (C=O) groups is 1. The van der Waals surface area contributed by atoms with Gasteiger partial charge in [-0.3, -0.25) is 10.00 Å². The van der Waals surface area contributed by atoms with E-state index in [1.165, 1.54) is 0 Å². The van der Waals surface area contributed by atoms with Crippen LogP contribution >= 0.6 is 11.6 Å². The summed E-state index contributed by atoms with van der Waals surface area (Å²) in [4.78, 5) is 12.3. The first-order valence-corrected chi connectivity index (χ1v) is 9.55. The van der Waals surface area contributed by atoms with Gasteiger partial charge in [0.25, 0.3) is 0 Å². The van der Waals surface area contributed by atoms with Gasteiger partial charge in [-0.1, -0.05) is 72.8 Å². The summed E-state index contributed by atoms with van der Waals surface area (Å²) in [6.07, 6.45) is 5.07. The Morgan fingerprint density at radius 2 is 1.90 bits per heavy atom. The summed E-state index contributed by atoms with van der Waals surface area (Å²) in [5.74, 6) is 0.458. The number of nitrogens with zero attached hydrogens (tertiary/aromatic N) is 2. The third-order valence-electron chi connectivity index (χ3n) is 4.27. The second-order valence-electron chi connectivity index (χ2n) is 6.35. The van der Waals surface area contributed by atoms with Gasteiger partial charge in [0.1, 0.15) is 6.61 Å². The molecule has 0 spiro atoms. The largest absolute Gasteiger partial charge is 0.444 e. The Bertz CT molecular complexity index is 1070. The molecule has 3 aromatic rings. The highest BCUT2D eigenvalue weighted by Crippen LogP contribution is 2.24. The number of anilines is 1. The molecule has 29 heavy (non-hydrogen) atoms. The van der Waals surface area contributed by atoms with Crippen LogP contribution in [0.1, 0.15) is 12.5 Å². The van der Waals surface area contributed by atoms with Crippen LogP contribution in [0.15, 0.2) is 90.0 Å². The van der Waals surface area contributed by atoms with Gasteiger partial charge in [-0.25, -0.2) is 4.79 Å². The van der Waals surface area contributed by atoms with Crippen molar-refractivity contribution in [3.05, 3.63) is 95.6 Å². The van der Waals surface area contributed by atoms with Gasteiger partial charge in [-0.15, -0.1) is 0 Å². The number of ether oxygens (including phenoxy) is 1. The molecule has 3 rings (SSSR count). The molecule has 0 bridgehead atoms. The van der Waals surface area contributed by atoms with Gasteiger partial charge in [-0.2, -0.15) is 5.10 Å². The first-order chi connectivity index (χ1) is 14.1. The Morgan fingerprint density at radius 1 is 1.17 bits per heavy atom. The van der Waals surface area contributed by atoms with E-state index in [0.29, 0.717) is 17.4 Å². The molecule has 1 amide bonds. The van der Waals surface area contributed by atoms with E-state index in [1.807, 2.05) is 78.4 Å². The number of hydrogen-bond donors (Lipinski definition) is 1. The number of carbonyl (C=O) groups excluding carboxylic acids is 1. The molecule has 6 heteroatoms. The van der Waals surface area contributed by atoms with Crippen molar-refractivity contribution in [2.75, 3.05) is 5.32 Å². The predicted molar refractivity (Wildman–Crippen MR) is 118 cm³/mol. The van der Waals surface area contributed by atoms with Gasteiger partial charge in [-0.05, 0) is 36.3 Å². The van der Waals surface area contributed by atoms with E-state index in [2.05, 4.69) is 17.0 Å². The second-order valence-corrected chi connectivity index (χ2v) is 6.84. The summed E-state index contributed by atoms with van der Waals surface area (Å²) in [7, 11) is 0. The molecule has 0 atom stereocenters. The molecule has 0 fully saturated rings. The highest BCUT2D eigenvalue weighted by molar-refractivity contribution is 6.30. The number of allylic oxidation sites excluding steroid dienone is 5. The van der Waals surface area contributed by atoms with Gasteiger partial charge in [0, 0.05) is 10.4 Å². The van der Waals surface area contributed by atoms with Crippen LogP contribution < -0.4 is 5.32 Å². The molecule has 0 radical (unpaired) electrons. The number of halogens is 1. The Morgan fingerprint density at radius 3 is 2.62 bits per heavy atom. The lowest BCUT2D eigenvalue weighted by Crippen LogP contribution is -2.14. The zero-order valence-corrected chi connectivity index (χ0v) is 16.9. The molecule has 0 saturated carbocycles. The van der Waals surface area contributed by atoms with Crippen molar-refractivity contribution in [3.63, 3.8) is 0 Å². The highest BCUT2D eigenvalue weighted by atomic mass is 35.5. The number of fused-ring (bicyclic) bond motifs is 1. The molecule has 0 aliphatic heterocycles. The third-order valence-corrected chi connectivity index (χ3v) is 4.40.